The number of carbonyl (C=O) groups excluding carboxylic acids is 1. The lowest BCUT2D eigenvalue weighted by molar-refractivity contribution is -0.119. The first-order valence-electron chi connectivity index (χ1n) is 9.36. The SMILES string of the molecule is CCN(C(=O)C1CC1c1ccc(-c2ccc(F)cc2)nc1)c1ccccc1F. The predicted octanol–water partition coefficient (Wildman–Crippen LogP) is 5.18. The lowest BCUT2D eigenvalue weighted by Crippen LogP contribution is -2.33. The van der Waals surface area contributed by atoms with Gasteiger partial charge in [-0.3, -0.25) is 9.78 Å². The minimum atomic E-state index is -0.389. The summed E-state index contributed by atoms with van der Waals surface area (Å²) in [4.78, 5) is 18.9. The maximum atomic E-state index is 14.1. The first kappa shape index (κ1) is 18.3. The van der Waals surface area contributed by atoms with Crippen LogP contribution in [-0.4, -0.2) is 17.4 Å². The zero-order valence-corrected chi connectivity index (χ0v) is 15.5. The van der Waals surface area contributed by atoms with Gasteiger partial charge in [0.1, 0.15) is 11.6 Å². The molecule has 1 aliphatic rings. The minimum Gasteiger partial charge on any atom is -0.310 e. The van der Waals surface area contributed by atoms with Crippen LogP contribution in [0.5, 0.6) is 0 Å². The van der Waals surface area contributed by atoms with E-state index in [1.165, 1.54) is 23.1 Å². The fourth-order valence-corrected chi connectivity index (χ4v) is 3.57. The lowest BCUT2D eigenvalue weighted by atomic mass is 10.1. The number of pyridine rings is 1. The number of hydrogen-bond donors (Lipinski definition) is 0. The Morgan fingerprint density at radius 2 is 1.82 bits per heavy atom. The Labute approximate surface area is 162 Å². The number of benzene rings is 2. The highest BCUT2D eigenvalue weighted by molar-refractivity contribution is 5.97. The van der Waals surface area contributed by atoms with Crippen LogP contribution in [0.4, 0.5) is 14.5 Å². The number of hydrogen-bond acceptors (Lipinski definition) is 2. The summed E-state index contributed by atoms with van der Waals surface area (Å²) in [5, 5.41) is 0. The van der Waals surface area contributed by atoms with E-state index in [0.717, 1.165) is 23.2 Å². The first-order valence-corrected chi connectivity index (χ1v) is 9.36. The molecule has 2 atom stereocenters. The zero-order chi connectivity index (χ0) is 19.7. The van der Waals surface area contributed by atoms with Crippen LogP contribution < -0.4 is 4.90 Å². The maximum absolute atomic E-state index is 14.1. The summed E-state index contributed by atoms with van der Waals surface area (Å²) in [7, 11) is 0. The van der Waals surface area contributed by atoms with Crippen LogP contribution >= 0.6 is 0 Å². The van der Waals surface area contributed by atoms with E-state index in [-0.39, 0.29) is 29.4 Å². The zero-order valence-electron chi connectivity index (χ0n) is 15.5. The number of rotatable bonds is 5. The van der Waals surface area contributed by atoms with Gasteiger partial charge in [0.15, 0.2) is 0 Å². The fraction of sp³-hybridized carbons (Fsp3) is 0.217. The van der Waals surface area contributed by atoms with Crippen molar-refractivity contribution >= 4 is 11.6 Å². The van der Waals surface area contributed by atoms with Crippen molar-refractivity contribution in [3.63, 3.8) is 0 Å². The molecule has 1 heterocycles. The van der Waals surface area contributed by atoms with E-state index in [1.54, 1.807) is 36.5 Å². The van der Waals surface area contributed by atoms with Crippen molar-refractivity contribution in [1.29, 1.82) is 0 Å². The van der Waals surface area contributed by atoms with Crippen LogP contribution in [0.2, 0.25) is 0 Å². The highest BCUT2D eigenvalue weighted by Gasteiger charge is 2.46. The molecule has 2 aromatic carbocycles. The van der Waals surface area contributed by atoms with Gasteiger partial charge in [-0.25, -0.2) is 8.78 Å². The second-order valence-corrected chi connectivity index (χ2v) is 6.97. The van der Waals surface area contributed by atoms with E-state index in [0.29, 0.717) is 12.2 Å². The van der Waals surface area contributed by atoms with Crippen molar-refractivity contribution in [3.8, 4) is 11.3 Å². The van der Waals surface area contributed by atoms with E-state index in [9.17, 15) is 13.6 Å². The van der Waals surface area contributed by atoms with Crippen molar-refractivity contribution < 1.29 is 13.6 Å². The molecule has 4 rings (SSSR count). The van der Waals surface area contributed by atoms with Gasteiger partial charge >= 0.3 is 0 Å². The lowest BCUT2D eigenvalue weighted by Gasteiger charge is -2.21. The van der Waals surface area contributed by atoms with Crippen LogP contribution in [0.3, 0.4) is 0 Å². The summed E-state index contributed by atoms with van der Waals surface area (Å²) < 4.78 is 27.2. The molecule has 0 bridgehead atoms. The molecular weight excluding hydrogens is 358 g/mol. The molecule has 1 aromatic heterocycles. The summed E-state index contributed by atoms with van der Waals surface area (Å²) in [5.41, 5.74) is 2.92. The Morgan fingerprint density at radius 3 is 2.46 bits per heavy atom. The second kappa shape index (κ2) is 7.50. The summed E-state index contributed by atoms with van der Waals surface area (Å²) in [6.45, 7) is 2.27. The van der Waals surface area contributed by atoms with Crippen molar-refractivity contribution in [2.75, 3.05) is 11.4 Å². The molecule has 2 unspecified atom stereocenters. The molecular formula is C23H20F2N2O. The van der Waals surface area contributed by atoms with Crippen molar-refractivity contribution in [1.82, 2.24) is 4.98 Å². The van der Waals surface area contributed by atoms with Gasteiger partial charge in [0.05, 0.1) is 11.4 Å². The van der Waals surface area contributed by atoms with Gasteiger partial charge in [-0.15, -0.1) is 0 Å². The molecule has 0 saturated heterocycles. The Kier molecular flexibility index (Phi) is 4.90. The van der Waals surface area contributed by atoms with E-state index in [1.807, 2.05) is 19.1 Å². The first-order chi connectivity index (χ1) is 13.6. The third kappa shape index (κ3) is 3.52. The van der Waals surface area contributed by atoms with Gasteiger partial charge in [0.2, 0.25) is 5.91 Å². The molecule has 3 nitrogen and oxygen atoms in total. The van der Waals surface area contributed by atoms with Gasteiger partial charge in [0, 0.05) is 24.2 Å². The summed E-state index contributed by atoms with van der Waals surface area (Å²) in [6, 6.07) is 16.4. The third-order valence-corrected chi connectivity index (χ3v) is 5.19. The van der Waals surface area contributed by atoms with Gasteiger partial charge in [-0.05, 0) is 67.3 Å². The summed E-state index contributed by atoms with van der Waals surface area (Å²) >= 11 is 0. The van der Waals surface area contributed by atoms with Crippen molar-refractivity contribution in [2.24, 2.45) is 5.92 Å². The maximum Gasteiger partial charge on any atom is 0.230 e. The minimum absolute atomic E-state index is 0.0554. The standard InChI is InChI=1S/C23H20F2N2O/c1-2-27(22-6-4-3-5-20(22)25)23(28)19-13-18(19)16-9-12-21(26-14-16)15-7-10-17(24)11-8-15/h3-12,14,18-19H,2,13H2,1H3. The van der Waals surface area contributed by atoms with Crippen LogP contribution in [-0.2, 0) is 4.79 Å². The molecule has 1 fully saturated rings. The number of halogens is 2. The van der Waals surface area contributed by atoms with Crippen LogP contribution in [0, 0.1) is 17.6 Å². The highest BCUT2D eigenvalue weighted by atomic mass is 19.1. The topological polar surface area (TPSA) is 33.2 Å². The van der Waals surface area contributed by atoms with E-state index in [2.05, 4.69) is 4.98 Å². The van der Waals surface area contributed by atoms with Crippen LogP contribution in [0.1, 0.15) is 24.8 Å². The average molecular weight is 378 g/mol. The average Bonchev–Trinajstić information content (AvgIpc) is 3.51. The number of amides is 1. The van der Waals surface area contributed by atoms with Crippen molar-refractivity contribution in [2.45, 2.75) is 19.3 Å². The smallest absolute Gasteiger partial charge is 0.230 e. The molecule has 28 heavy (non-hydrogen) atoms. The number of carbonyl (C=O) groups is 1. The third-order valence-electron chi connectivity index (χ3n) is 5.19. The second-order valence-electron chi connectivity index (χ2n) is 6.97. The number of anilines is 1. The van der Waals surface area contributed by atoms with Crippen molar-refractivity contribution in [3.05, 3.63) is 84.1 Å². The molecule has 3 aromatic rings. The fourth-order valence-electron chi connectivity index (χ4n) is 3.57. The van der Waals surface area contributed by atoms with Gasteiger partial charge < -0.3 is 4.90 Å². The number of aromatic nitrogens is 1. The number of para-hydroxylation sites is 1. The molecule has 0 spiro atoms. The predicted molar refractivity (Wildman–Crippen MR) is 105 cm³/mol. The molecule has 0 aliphatic heterocycles. The van der Waals surface area contributed by atoms with Crippen LogP contribution in [0.15, 0.2) is 66.9 Å². The highest BCUT2D eigenvalue weighted by Crippen LogP contribution is 2.49. The Balaban J connectivity index is 1.48. The molecule has 5 heteroatoms. The summed E-state index contributed by atoms with van der Waals surface area (Å²) in [5.74, 6) is -0.781. The molecule has 0 N–H and O–H groups in total. The summed E-state index contributed by atoms with van der Waals surface area (Å²) in [6.07, 6.45) is 2.51. The van der Waals surface area contributed by atoms with Gasteiger partial charge in [0.25, 0.3) is 0 Å². The number of nitrogens with zero attached hydrogens (tertiary/aromatic N) is 2. The van der Waals surface area contributed by atoms with Gasteiger partial charge in [-0.2, -0.15) is 0 Å². The molecule has 1 aliphatic carbocycles. The molecule has 0 radical (unpaired) electrons. The molecule has 142 valence electrons. The van der Waals surface area contributed by atoms with Crippen LogP contribution in [0.25, 0.3) is 11.3 Å². The van der Waals surface area contributed by atoms with E-state index < -0.39 is 0 Å². The largest absolute Gasteiger partial charge is 0.310 e. The Bertz CT molecular complexity index is 986. The normalized spacial score (nSPS) is 18.0. The van der Waals surface area contributed by atoms with E-state index >= 15 is 0 Å². The Hall–Kier alpha value is -3.08. The molecule has 1 amide bonds. The van der Waals surface area contributed by atoms with E-state index in [4.69, 9.17) is 0 Å². The quantitative estimate of drug-likeness (QED) is 0.613. The van der Waals surface area contributed by atoms with Gasteiger partial charge in [-0.1, -0.05) is 18.2 Å². The monoisotopic (exact) mass is 378 g/mol. The Morgan fingerprint density at radius 1 is 1.07 bits per heavy atom. The molecule has 1 saturated carbocycles.